The van der Waals surface area contributed by atoms with Gasteiger partial charge < -0.3 is 15.4 Å². The van der Waals surface area contributed by atoms with Crippen LogP contribution in [0, 0.1) is 5.82 Å². The normalized spacial score (nSPS) is 17.7. The second-order valence-corrected chi connectivity index (χ2v) is 5.57. The van der Waals surface area contributed by atoms with Gasteiger partial charge in [-0.05, 0) is 35.4 Å². The second kappa shape index (κ2) is 7.35. The van der Waals surface area contributed by atoms with Crippen molar-refractivity contribution in [3.8, 4) is 11.1 Å². The van der Waals surface area contributed by atoms with E-state index < -0.39 is 0 Å². The predicted octanol–water partition coefficient (Wildman–Crippen LogP) is 2.81. The molecule has 2 aromatic carbocycles. The van der Waals surface area contributed by atoms with Gasteiger partial charge in [0.05, 0.1) is 13.2 Å². The standard InChI is InChI=1S/C18H19FN2O2/c19-15-5-1-3-13(9-15)14-4-2-6-16(10-14)21-18(22)11-17-12-23-8-7-20-17/h1-6,9-10,17,20H,7-8,11-12H2,(H,21,22)/t17-/m1/s1. The third-order valence-corrected chi connectivity index (χ3v) is 3.73. The SMILES string of the molecule is O=C(C[C@@H]1COCCN1)Nc1cccc(-c2cccc(F)c2)c1. The Morgan fingerprint density at radius 2 is 2.00 bits per heavy atom. The average molecular weight is 314 g/mol. The number of rotatable bonds is 4. The van der Waals surface area contributed by atoms with Crippen LogP contribution < -0.4 is 10.6 Å². The van der Waals surface area contributed by atoms with Crippen molar-refractivity contribution in [1.82, 2.24) is 5.32 Å². The molecule has 0 unspecified atom stereocenters. The number of hydrogen-bond acceptors (Lipinski definition) is 3. The summed E-state index contributed by atoms with van der Waals surface area (Å²) in [6.07, 6.45) is 0.365. The minimum absolute atomic E-state index is 0.0511. The molecule has 1 fully saturated rings. The molecule has 0 radical (unpaired) electrons. The lowest BCUT2D eigenvalue weighted by molar-refractivity contribution is -0.117. The van der Waals surface area contributed by atoms with E-state index >= 15 is 0 Å². The third kappa shape index (κ3) is 4.37. The molecule has 23 heavy (non-hydrogen) atoms. The zero-order chi connectivity index (χ0) is 16.1. The van der Waals surface area contributed by atoms with Crippen LogP contribution in [0.1, 0.15) is 6.42 Å². The van der Waals surface area contributed by atoms with Crippen molar-refractivity contribution in [2.75, 3.05) is 25.1 Å². The molecular weight excluding hydrogens is 295 g/mol. The van der Waals surface area contributed by atoms with Crippen LogP contribution in [0.2, 0.25) is 0 Å². The van der Waals surface area contributed by atoms with Crippen molar-refractivity contribution in [1.29, 1.82) is 0 Å². The molecule has 3 rings (SSSR count). The maximum atomic E-state index is 13.3. The first-order valence-corrected chi connectivity index (χ1v) is 7.68. The van der Waals surface area contributed by atoms with Crippen LogP contribution >= 0.6 is 0 Å². The van der Waals surface area contributed by atoms with E-state index in [9.17, 15) is 9.18 Å². The van der Waals surface area contributed by atoms with Gasteiger partial charge in [0.25, 0.3) is 0 Å². The highest BCUT2D eigenvalue weighted by Gasteiger charge is 2.16. The Morgan fingerprint density at radius 3 is 2.74 bits per heavy atom. The number of carbonyl (C=O) groups excluding carboxylic acids is 1. The van der Waals surface area contributed by atoms with Gasteiger partial charge in [-0.2, -0.15) is 0 Å². The fraction of sp³-hybridized carbons (Fsp3) is 0.278. The largest absolute Gasteiger partial charge is 0.378 e. The average Bonchev–Trinajstić information content (AvgIpc) is 2.56. The number of hydrogen-bond donors (Lipinski definition) is 2. The summed E-state index contributed by atoms with van der Waals surface area (Å²) in [6, 6.07) is 13.9. The van der Waals surface area contributed by atoms with Crippen molar-refractivity contribution < 1.29 is 13.9 Å². The Morgan fingerprint density at radius 1 is 1.22 bits per heavy atom. The fourth-order valence-corrected chi connectivity index (χ4v) is 2.63. The van der Waals surface area contributed by atoms with Gasteiger partial charge in [0, 0.05) is 24.7 Å². The van der Waals surface area contributed by atoms with Gasteiger partial charge in [-0.1, -0.05) is 24.3 Å². The van der Waals surface area contributed by atoms with Crippen LogP contribution in [-0.2, 0) is 9.53 Å². The molecule has 2 N–H and O–H groups in total. The molecule has 2 aromatic rings. The summed E-state index contributed by atoms with van der Waals surface area (Å²) >= 11 is 0. The monoisotopic (exact) mass is 314 g/mol. The van der Waals surface area contributed by atoms with E-state index in [1.54, 1.807) is 6.07 Å². The van der Waals surface area contributed by atoms with Crippen molar-refractivity contribution in [2.45, 2.75) is 12.5 Å². The van der Waals surface area contributed by atoms with Crippen LogP contribution in [0.5, 0.6) is 0 Å². The van der Waals surface area contributed by atoms with Gasteiger partial charge in [0.15, 0.2) is 0 Å². The van der Waals surface area contributed by atoms with Gasteiger partial charge >= 0.3 is 0 Å². The first kappa shape index (κ1) is 15.6. The van der Waals surface area contributed by atoms with E-state index in [1.807, 2.05) is 30.3 Å². The summed E-state index contributed by atoms with van der Waals surface area (Å²) in [5, 5.41) is 6.14. The van der Waals surface area contributed by atoms with Crippen LogP contribution in [0.25, 0.3) is 11.1 Å². The van der Waals surface area contributed by atoms with Crippen molar-refractivity contribution in [3.05, 3.63) is 54.3 Å². The number of nitrogens with one attached hydrogen (secondary N) is 2. The van der Waals surface area contributed by atoms with Crippen LogP contribution in [-0.4, -0.2) is 31.7 Å². The molecule has 4 nitrogen and oxygen atoms in total. The lowest BCUT2D eigenvalue weighted by atomic mass is 10.0. The molecule has 0 saturated carbocycles. The van der Waals surface area contributed by atoms with Crippen LogP contribution in [0.15, 0.2) is 48.5 Å². The zero-order valence-electron chi connectivity index (χ0n) is 12.7. The lowest BCUT2D eigenvalue weighted by Gasteiger charge is -2.23. The molecule has 0 spiro atoms. The van der Waals surface area contributed by atoms with Crippen molar-refractivity contribution in [3.63, 3.8) is 0 Å². The number of halogens is 1. The van der Waals surface area contributed by atoms with Gasteiger partial charge in [0.1, 0.15) is 5.82 Å². The summed E-state index contributed by atoms with van der Waals surface area (Å²) in [6.45, 7) is 2.01. The zero-order valence-corrected chi connectivity index (χ0v) is 12.7. The van der Waals surface area contributed by atoms with E-state index in [0.29, 0.717) is 25.3 Å². The molecule has 0 aliphatic carbocycles. The van der Waals surface area contributed by atoms with E-state index in [2.05, 4.69) is 10.6 Å². The smallest absolute Gasteiger partial charge is 0.226 e. The maximum absolute atomic E-state index is 13.3. The topological polar surface area (TPSA) is 50.4 Å². The molecule has 120 valence electrons. The molecule has 0 aromatic heterocycles. The molecule has 1 heterocycles. The number of ether oxygens (including phenoxy) is 1. The van der Waals surface area contributed by atoms with Gasteiger partial charge in [-0.25, -0.2) is 4.39 Å². The highest BCUT2D eigenvalue weighted by molar-refractivity contribution is 5.91. The predicted molar refractivity (Wildman–Crippen MR) is 87.7 cm³/mol. The van der Waals surface area contributed by atoms with E-state index in [4.69, 9.17) is 4.74 Å². The third-order valence-electron chi connectivity index (χ3n) is 3.73. The minimum atomic E-state index is -0.277. The van der Waals surface area contributed by atoms with Gasteiger partial charge in [-0.3, -0.25) is 4.79 Å². The van der Waals surface area contributed by atoms with Gasteiger partial charge in [-0.15, -0.1) is 0 Å². The van der Waals surface area contributed by atoms with E-state index in [1.165, 1.54) is 12.1 Å². The fourth-order valence-electron chi connectivity index (χ4n) is 2.63. The summed E-state index contributed by atoms with van der Waals surface area (Å²) in [5.41, 5.74) is 2.35. The van der Waals surface area contributed by atoms with Crippen LogP contribution in [0.3, 0.4) is 0 Å². The number of amides is 1. The molecular formula is C18H19FN2O2. The Hall–Kier alpha value is -2.24. The molecule has 1 amide bonds. The number of anilines is 1. The number of carbonyl (C=O) groups is 1. The molecule has 5 heteroatoms. The summed E-state index contributed by atoms with van der Waals surface area (Å²) in [5.74, 6) is -0.343. The first-order valence-electron chi connectivity index (χ1n) is 7.68. The van der Waals surface area contributed by atoms with E-state index in [-0.39, 0.29) is 17.8 Å². The lowest BCUT2D eigenvalue weighted by Crippen LogP contribution is -2.43. The highest BCUT2D eigenvalue weighted by atomic mass is 19.1. The molecule has 1 atom stereocenters. The second-order valence-electron chi connectivity index (χ2n) is 5.57. The maximum Gasteiger partial charge on any atom is 0.226 e. The van der Waals surface area contributed by atoms with Crippen molar-refractivity contribution >= 4 is 11.6 Å². The molecule has 0 bridgehead atoms. The summed E-state index contributed by atoms with van der Waals surface area (Å²) in [7, 11) is 0. The number of morpholine rings is 1. The molecule has 1 aliphatic heterocycles. The summed E-state index contributed by atoms with van der Waals surface area (Å²) < 4.78 is 18.7. The molecule has 1 aliphatic rings. The minimum Gasteiger partial charge on any atom is -0.378 e. The Balaban J connectivity index is 1.66. The first-order chi connectivity index (χ1) is 11.2. The summed E-state index contributed by atoms with van der Waals surface area (Å²) in [4.78, 5) is 12.1. The Bertz CT molecular complexity index is 684. The van der Waals surface area contributed by atoms with Gasteiger partial charge in [0.2, 0.25) is 5.91 Å². The quantitative estimate of drug-likeness (QED) is 0.912. The van der Waals surface area contributed by atoms with E-state index in [0.717, 1.165) is 17.7 Å². The Labute approximate surface area is 134 Å². The van der Waals surface area contributed by atoms with Crippen LogP contribution in [0.4, 0.5) is 10.1 Å². The number of benzene rings is 2. The Kier molecular flexibility index (Phi) is 5.00. The van der Waals surface area contributed by atoms with Crippen molar-refractivity contribution in [2.24, 2.45) is 0 Å². The highest BCUT2D eigenvalue weighted by Crippen LogP contribution is 2.23. The molecule has 1 saturated heterocycles.